The topological polar surface area (TPSA) is 71.0 Å². The van der Waals surface area contributed by atoms with E-state index in [4.69, 9.17) is 4.42 Å². The van der Waals surface area contributed by atoms with E-state index in [1.807, 2.05) is 6.07 Å². The van der Waals surface area contributed by atoms with E-state index in [1.54, 1.807) is 36.0 Å². The summed E-state index contributed by atoms with van der Waals surface area (Å²) < 4.78 is 34.4. The minimum absolute atomic E-state index is 0.00646. The van der Waals surface area contributed by atoms with E-state index in [0.717, 1.165) is 12.1 Å². The number of aromatic nitrogens is 1. The van der Waals surface area contributed by atoms with Crippen molar-refractivity contribution in [2.24, 2.45) is 0 Å². The lowest BCUT2D eigenvalue weighted by molar-refractivity contribution is 0.0952. The highest BCUT2D eigenvalue weighted by Crippen LogP contribution is 2.25. The Kier molecular flexibility index (Phi) is 4.85. The Morgan fingerprint density at radius 2 is 1.88 bits per heavy atom. The average Bonchev–Trinajstić information content (AvgIpc) is 3.24. The summed E-state index contributed by atoms with van der Waals surface area (Å²) in [6, 6.07) is 9.13. The minimum Gasteiger partial charge on any atom is -0.443 e. The third-order valence-corrected chi connectivity index (χ3v) is 3.97. The van der Waals surface area contributed by atoms with Crippen molar-refractivity contribution in [3.63, 3.8) is 0 Å². The smallest absolute Gasteiger partial charge is 0.256 e. The highest BCUT2D eigenvalue weighted by atomic mass is 19.1. The van der Waals surface area contributed by atoms with Crippen molar-refractivity contribution < 1.29 is 18.0 Å². The fraction of sp³-hybridized carbons (Fsp3) is 0.158. The number of carbonyl (C=O) groups excluding carboxylic acids is 1. The molecular weight excluding hydrogens is 340 g/mol. The molecule has 2 heterocycles. The Morgan fingerprint density at radius 3 is 2.50 bits per heavy atom. The summed E-state index contributed by atoms with van der Waals surface area (Å²) in [4.78, 5) is 12.5. The Labute approximate surface area is 148 Å². The monoisotopic (exact) mass is 355 g/mol. The Bertz CT molecular complexity index is 965. The van der Waals surface area contributed by atoms with E-state index in [0.29, 0.717) is 5.76 Å². The number of benzene rings is 1. The van der Waals surface area contributed by atoms with Crippen molar-refractivity contribution in [1.82, 2.24) is 9.88 Å². The largest absolute Gasteiger partial charge is 0.443 e. The first kappa shape index (κ1) is 17.4. The maximum absolute atomic E-state index is 13.6. The zero-order chi connectivity index (χ0) is 18.7. The van der Waals surface area contributed by atoms with Crippen LogP contribution < -0.4 is 5.32 Å². The van der Waals surface area contributed by atoms with Gasteiger partial charge in [-0.2, -0.15) is 5.26 Å². The van der Waals surface area contributed by atoms with Crippen LogP contribution in [0, 0.1) is 29.9 Å². The first-order valence-electron chi connectivity index (χ1n) is 7.91. The number of hydrogen-bond donors (Lipinski definition) is 1. The van der Waals surface area contributed by atoms with Crippen LogP contribution >= 0.6 is 0 Å². The summed E-state index contributed by atoms with van der Waals surface area (Å²) in [7, 11) is 0. The molecule has 1 N–H and O–H groups in total. The van der Waals surface area contributed by atoms with Crippen LogP contribution in [0.15, 0.2) is 47.1 Å². The fourth-order valence-corrected chi connectivity index (χ4v) is 2.72. The van der Waals surface area contributed by atoms with Gasteiger partial charge in [-0.15, -0.1) is 0 Å². The number of hydrogen-bond acceptors (Lipinski definition) is 3. The standard InChI is InChI=1S/C19H15F2N3O2/c1-12-17(14(11-22)19(26-12)24-9-2-3-10-24)18(25)23-8-7-13-15(20)5-4-6-16(13)21/h2-6,9-10H,7-8H2,1H3,(H,23,25). The van der Waals surface area contributed by atoms with Gasteiger partial charge < -0.3 is 9.73 Å². The second-order valence-corrected chi connectivity index (χ2v) is 5.62. The maximum atomic E-state index is 13.6. The molecule has 0 fully saturated rings. The lowest BCUT2D eigenvalue weighted by atomic mass is 10.1. The zero-order valence-corrected chi connectivity index (χ0v) is 13.9. The Balaban J connectivity index is 1.78. The predicted octanol–water partition coefficient (Wildman–Crippen LogP) is 3.50. The summed E-state index contributed by atoms with van der Waals surface area (Å²) in [6.07, 6.45) is 3.39. The van der Waals surface area contributed by atoms with Gasteiger partial charge in [-0.05, 0) is 37.6 Å². The quantitative estimate of drug-likeness (QED) is 0.761. The van der Waals surface area contributed by atoms with Crippen molar-refractivity contribution in [2.45, 2.75) is 13.3 Å². The van der Waals surface area contributed by atoms with Gasteiger partial charge >= 0.3 is 0 Å². The SMILES string of the molecule is Cc1oc(-n2cccc2)c(C#N)c1C(=O)NCCc1c(F)cccc1F. The fourth-order valence-electron chi connectivity index (χ4n) is 2.72. The molecule has 0 saturated heterocycles. The lowest BCUT2D eigenvalue weighted by Crippen LogP contribution is -2.27. The van der Waals surface area contributed by atoms with E-state index in [-0.39, 0.29) is 35.5 Å². The molecule has 3 aromatic rings. The van der Waals surface area contributed by atoms with Gasteiger partial charge in [0.1, 0.15) is 34.6 Å². The number of aryl methyl sites for hydroxylation is 1. The summed E-state index contributed by atoms with van der Waals surface area (Å²) in [5.74, 6) is -1.31. The molecule has 1 aromatic carbocycles. The van der Waals surface area contributed by atoms with Crippen molar-refractivity contribution in [3.05, 3.63) is 76.8 Å². The van der Waals surface area contributed by atoms with Gasteiger partial charge in [0.05, 0.1) is 0 Å². The molecule has 2 aromatic heterocycles. The zero-order valence-electron chi connectivity index (χ0n) is 13.9. The second-order valence-electron chi connectivity index (χ2n) is 5.62. The highest BCUT2D eigenvalue weighted by Gasteiger charge is 2.24. The summed E-state index contributed by atoms with van der Waals surface area (Å²) >= 11 is 0. The molecule has 0 aliphatic rings. The molecular formula is C19H15F2N3O2. The van der Waals surface area contributed by atoms with Crippen LogP contribution in [-0.2, 0) is 6.42 Å². The maximum Gasteiger partial charge on any atom is 0.256 e. The van der Waals surface area contributed by atoms with Crippen LogP contribution in [-0.4, -0.2) is 17.0 Å². The van der Waals surface area contributed by atoms with Gasteiger partial charge in [0, 0.05) is 24.5 Å². The van der Waals surface area contributed by atoms with Crippen molar-refractivity contribution in [1.29, 1.82) is 5.26 Å². The Hall–Kier alpha value is -3.40. The molecule has 0 spiro atoms. The molecule has 0 unspecified atom stereocenters. The van der Waals surface area contributed by atoms with Crippen molar-refractivity contribution >= 4 is 5.91 Å². The van der Waals surface area contributed by atoms with Gasteiger partial charge in [-0.1, -0.05) is 6.07 Å². The second kappa shape index (κ2) is 7.23. The van der Waals surface area contributed by atoms with Crippen LogP contribution in [0.1, 0.15) is 27.2 Å². The molecule has 1 amide bonds. The molecule has 0 radical (unpaired) electrons. The van der Waals surface area contributed by atoms with Gasteiger partial charge in [0.25, 0.3) is 5.91 Å². The molecule has 7 heteroatoms. The van der Waals surface area contributed by atoms with Crippen LogP contribution in [0.2, 0.25) is 0 Å². The van der Waals surface area contributed by atoms with Crippen LogP contribution in [0.3, 0.4) is 0 Å². The number of rotatable bonds is 5. The minimum atomic E-state index is -0.661. The molecule has 132 valence electrons. The van der Waals surface area contributed by atoms with Crippen LogP contribution in [0.25, 0.3) is 5.88 Å². The number of furan rings is 1. The number of nitrogens with one attached hydrogen (secondary N) is 1. The number of amides is 1. The molecule has 5 nitrogen and oxygen atoms in total. The number of halogens is 2. The highest BCUT2D eigenvalue weighted by molar-refractivity contribution is 5.98. The molecule has 0 saturated carbocycles. The molecule has 26 heavy (non-hydrogen) atoms. The molecule has 0 aliphatic heterocycles. The lowest BCUT2D eigenvalue weighted by Gasteiger charge is -2.07. The average molecular weight is 355 g/mol. The van der Waals surface area contributed by atoms with Crippen molar-refractivity contribution in [2.75, 3.05) is 6.54 Å². The van der Waals surface area contributed by atoms with Crippen molar-refractivity contribution in [3.8, 4) is 12.0 Å². The molecule has 0 bridgehead atoms. The third kappa shape index (κ3) is 3.22. The van der Waals surface area contributed by atoms with E-state index in [1.165, 1.54) is 6.07 Å². The van der Waals surface area contributed by atoms with E-state index >= 15 is 0 Å². The molecule has 0 atom stereocenters. The summed E-state index contributed by atoms with van der Waals surface area (Å²) in [5.41, 5.74) is 0.128. The van der Waals surface area contributed by atoms with Gasteiger partial charge in [0.15, 0.2) is 0 Å². The van der Waals surface area contributed by atoms with Gasteiger partial charge in [0.2, 0.25) is 5.88 Å². The van der Waals surface area contributed by atoms with E-state index in [2.05, 4.69) is 5.32 Å². The molecule has 0 aliphatic carbocycles. The van der Waals surface area contributed by atoms with Crippen LogP contribution in [0.4, 0.5) is 8.78 Å². The van der Waals surface area contributed by atoms with E-state index in [9.17, 15) is 18.8 Å². The normalized spacial score (nSPS) is 10.5. The number of nitrogens with zero attached hydrogens (tertiary/aromatic N) is 2. The summed E-state index contributed by atoms with van der Waals surface area (Å²) in [6.45, 7) is 1.60. The predicted molar refractivity (Wildman–Crippen MR) is 89.9 cm³/mol. The molecule has 3 rings (SSSR count). The third-order valence-electron chi connectivity index (χ3n) is 3.97. The Morgan fingerprint density at radius 1 is 1.23 bits per heavy atom. The number of carbonyl (C=O) groups is 1. The summed E-state index contributed by atoms with van der Waals surface area (Å²) in [5, 5.41) is 12.0. The first-order valence-corrected chi connectivity index (χ1v) is 7.91. The van der Waals surface area contributed by atoms with Gasteiger partial charge in [-0.3, -0.25) is 9.36 Å². The number of nitriles is 1. The van der Waals surface area contributed by atoms with E-state index < -0.39 is 17.5 Å². The van der Waals surface area contributed by atoms with Crippen LogP contribution in [0.5, 0.6) is 0 Å². The first-order chi connectivity index (χ1) is 12.5. The van der Waals surface area contributed by atoms with Gasteiger partial charge in [-0.25, -0.2) is 8.78 Å².